The molecule has 2 rings (SSSR count). The van der Waals surface area contributed by atoms with E-state index in [2.05, 4.69) is 15.9 Å². The minimum atomic E-state index is -0.408. The molecule has 0 radical (unpaired) electrons. The van der Waals surface area contributed by atoms with Crippen LogP contribution in [0.15, 0.2) is 22.7 Å². The predicted octanol–water partition coefficient (Wildman–Crippen LogP) is 2.54. The molecule has 2 N–H and O–H groups in total. The van der Waals surface area contributed by atoms with Crippen LogP contribution in [0.1, 0.15) is 30.1 Å². The van der Waals surface area contributed by atoms with Gasteiger partial charge in [-0.05, 0) is 38.0 Å². The van der Waals surface area contributed by atoms with Crippen molar-refractivity contribution < 1.29 is 9.18 Å². The number of halogens is 2. The van der Waals surface area contributed by atoms with Crippen LogP contribution in [0.4, 0.5) is 4.39 Å². The predicted molar refractivity (Wildman–Crippen MR) is 71.8 cm³/mol. The molecule has 2 atom stereocenters. The van der Waals surface area contributed by atoms with E-state index in [9.17, 15) is 9.18 Å². The van der Waals surface area contributed by atoms with Crippen molar-refractivity contribution in [1.29, 1.82) is 0 Å². The van der Waals surface area contributed by atoms with E-state index < -0.39 is 5.82 Å². The number of likely N-dealkylation sites (tertiary alicyclic amines) is 1. The number of carbonyl (C=O) groups is 1. The van der Waals surface area contributed by atoms with E-state index in [1.165, 1.54) is 12.1 Å². The molecule has 1 fully saturated rings. The summed E-state index contributed by atoms with van der Waals surface area (Å²) < 4.78 is 13.9. The number of hydrogen-bond acceptors (Lipinski definition) is 2. The summed E-state index contributed by atoms with van der Waals surface area (Å²) in [6.07, 6.45) is 1.59. The molecule has 18 heavy (non-hydrogen) atoms. The summed E-state index contributed by atoms with van der Waals surface area (Å²) in [5, 5.41) is 0. The Kier molecular flexibility index (Phi) is 4.02. The molecule has 1 heterocycles. The van der Waals surface area contributed by atoms with Gasteiger partial charge in [-0.15, -0.1) is 0 Å². The zero-order valence-corrected chi connectivity index (χ0v) is 11.8. The standard InChI is InChI=1S/C13H16BrFN2O/c1-8-4-12(16)2-3-17(8)13(18)9-5-10(14)7-11(15)6-9/h5-8,12H,2-4,16H2,1H3. The van der Waals surface area contributed by atoms with E-state index in [4.69, 9.17) is 5.73 Å². The summed E-state index contributed by atoms with van der Waals surface area (Å²) in [6.45, 7) is 2.61. The van der Waals surface area contributed by atoms with Crippen LogP contribution in [0.2, 0.25) is 0 Å². The first-order valence-electron chi connectivity index (χ1n) is 6.00. The molecule has 1 saturated heterocycles. The fourth-order valence-electron chi connectivity index (χ4n) is 2.35. The number of piperidine rings is 1. The van der Waals surface area contributed by atoms with Crippen molar-refractivity contribution in [3.8, 4) is 0 Å². The summed E-state index contributed by atoms with van der Waals surface area (Å²) in [5.74, 6) is -0.538. The third kappa shape index (κ3) is 2.90. The van der Waals surface area contributed by atoms with Crippen LogP contribution in [0.3, 0.4) is 0 Å². The van der Waals surface area contributed by atoms with Crippen LogP contribution in [-0.2, 0) is 0 Å². The zero-order chi connectivity index (χ0) is 13.3. The molecule has 98 valence electrons. The van der Waals surface area contributed by atoms with Crippen molar-refractivity contribution in [2.75, 3.05) is 6.54 Å². The quantitative estimate of drug-likeness (QED) is 0.866. The first kappa shape index (κ1) is 13.5. The van der Waals surface area contributed by atoms with E-state index in [1.807, 2.05) is 6.92 Å². The third-order valence-corrected chi connectivity index (χ3v) is 3.74. The van der Waals surface area contributed by atoms with Gasteiger partial charge < -0.3 is 10.6 Å². The number of hydrogen-bond donors (Lipinski definition) is 1. The normalized spacial score (nSPS) is 24.1. The Morgan fingerprint density at radius 2 is 2.22 bits per heavy atom. The lowest BCUT2D eigenvalue weighted by atomic mass is 9.98. The van der Waals surface area contributed by atoms with E-state index in [1.54, 1.807) is 11.0 Å². The van der Waals surface area contributed by atoms with Crippen LogP contribution in [0.25, 0.3) is 0 Å². The topological polar surface area (TPSA) is 46.3 Å². The summed E-state index contributed by atoms with van der Waals surface area (Å²) in [6, 6.07) is 4.51. The minimum absolute atomic E-state index is 0.100. The number of benzene rings is 1. The van der Waals surface area contributed by atoms with Crippen molar-refractivity contribution in [3.63, 3.8) is 0 Å². The van der Waals surface area contributed by atoms with Gasteiger partial charge in [0.1, 0.15) is 5.82 Å². The van der Waals surface area contributed by atoms with Crippen LogP contribution in [-0.4, -0.2) is 29.4 Å². The van der Waals surface area contributed by atoms with Crippen molar-refractivity contribution in [3.05, 3.63) is 34.1 Å². The monoisotopic (exact) mass is 314 g/mol. The molecule has 1 aromatic carbocycles. The maximum atomic E-state index is 13.3. The Balaban J connectivity index is 2.20. The molecular formula is C13H16BrFN2O. The van der Waals surface area contributed by atoms with Gasteiger partial charge in [-0.25, -0.2) is 4.39 Å². The smallest absolute Gasteiger partial charge is 0.254 e. The maximum Gasteiger partial charge on any atom is 0.254 e. The first-order valence-corrected chi connectivity index (χ1v) is 6.79. The second kappa shape index (κ2) is 5.36. The lowest BCUT2D eigenvalue weighted by Crippen LogP contribution is -2.48. The maximum absolute atomic E-state index is 13.3. The number of nitrogens with zero attached hydrogens (tertiary/aromatic N) is 1. The average molecular weight is 315 g/mol. The average Bonchev–Trinajstić information content (AvgIpc) is 2.26. The molecular weight excluding hydrogens is 299 g/mol. The van der Waals surface area contributed by atoms with Crippen molar-refractivity contribution in [2.24, 2.45) is 5.73 Å². The molecule has 2 unspecified atom stereocenters. The first-order chi connectivity index (χ1) is 8.47. The molecule has 1 aliphatic heterocycles. The summed E-state index contributed by atoms with van der Waals surface area (Å²) in [4.78, 5) is 14.1. The molecule has 1 amide bonds. The lowest BCUT2D eigenvalue weighted by molar-refractivity contribution is 0.0618. The summed E-state index contributed by atoms with van der Waals surface area (Å²) >= 11 is 3.20. The number of nitrogens with two attached hydrogens (primary N) is 1. The lowest BCUT2D eigenvalue weighted by Gasteiger charge is -2.36. The minimum Gasteiger partial charge on any atom is -0.336 e. The second-order valence-electron chi connectivity index (χ2n) is 4.79. The van der Waals surface area contributed by atoms with Gasteiger partial charge in [0.25, 0.3) is 5.91 Å². The van der Waals surface area contributed by atoms with Crippen molar-refractivity contribution in [2.45, 2.75) is 31.8 Å². The van der Waals surface area contributed by atoms with Gasteiger partial charge in [-0.2, -0.15) is 0 Å². The molecule has 0 saturated carbocycles. The van der Waals surface area contributed by atoms with Crippen molar-refractivity contribution in [1.82, 2.24) is 4.90 Å². The Bertz CT molecular complexity index is 446. The van der Waals surface area contributed by atoms with E-state index in [0.29, 0.717) is 16.6 Å². The largest absolute Gasteiger partial charge is 0.336 e. The molecule has 3 nitrogen and oxygen atoms in total. The van der Waals surface area contributed by atoms with Crippen LogP contribution in [0.5, 0.6) is 0 Å². The van der Waals surface area contributed by atoms with Gasteiger partial charge in [0.15, 0.2) is 0 Å². The molecule has 0 aromatic heterocycles. The molecule has 1 aliphatic rings. The zero-order valence-electron chi connectivity index (χ0n) is 10.2. The third-order valence-electron chi connectivity index (χ3n) is 3.29. The number of rotatable bonds is 1. The van der Waals surface area contributed by atoms with Gasteiger partial charge in [0.05, 0.1) is 0 Å². The molecule has 5 heteroatoms. The van der Waals surface area contributed by atoms with Gasteiger partial charge in [-0.3, -0.25) is 4.79 Å². The van der Waals surface area contributed by atoms with Crippen LogP contribution >= 0.6 is 15.9 Å². The van der Waals surface area contributed by atoms with E-state index in [-0.39, 0.29) is 18.0 Å². The Hall–Kier alpha value is -0.940. The highest BCUT2D eigenvalue weighted by atomic mass is 79.9. The molecule has 0 aliphatic carbocycles. The summed E-state index contributed by atoms with van der Waals surface area (Å²) in [7, 11) is 0. The second-order valence-corrected chi connectivity index (χ2v) is 5.71. The Labute approximate surface area is 114 Å². The highest BCUT2D eigenvalue weighted by Crippen LogP contribution is 2.21. The molecule has 0 spiro atoms. The number of carbonyl (C=O) groups excluding carboxylic acids is 1. The fourth-order valence-corrected chi connectivity index (χ4v) is 2.82. The van der Waals surface area contributed by atoms with Crippen LogP contribution in [0, 0.1) is 5.82 Å². The van der Waals surface area contributed by atoms with Crippen molar-refractivity contribution >= 4 is 21.8 Å². The Morgan fingerprint density at radius 1 is 1.50 bits per heavy atom. The number of amides is 1. The SMILES string of the molecule is CC1CC(N)CCN1C(=O)c1cc(F)cc(Br)c1. The van der Waals surface area contributed by atoms with E-state index in [0.717, 1.165) is 12.8 Å². The van der Waals surface area contributed by atoms with Gasteiger partial charge in [0.2, 0.25) is 0 Å². The Morgan fingerprint density at radius 3 is 2.83 bits per heavy atom. The summed E-state index contributed by atoms with van der Waals surface area (Å²) in [5.41, 5.74) is 6.25. The van der Waals surface area contributed by atoms with Gasteiger partial charge in [-0.1, -0.05) is 15.9 Å². The van der Waals surface area contributed by atoms with E-state index >= 15 is 0 Å². The van der Waals surface area contributed by atoms with Crippen LogP contribution < -0.4 is 5.73 Å². The highest BCUT2D eigenvalue weighted by Gasteiger charge is 2.27. The van der Waals surface area contributed by atoms with Gasteiger partial charge >= 0.3 is 0 Å². The fraction of sp³-hybridized carbons (Fsp3) is 0.462. The van der Waals surface area contributed by atoms with Gasteiger partial charge in [0, 0.05) is 28.7 Å². The molecule has 0 bridgehead atoms. The molecule has 1 aromatic rings. The highest BCUT2D eigenvalue weighted by molar-refractivity contribution is 9.10.